The molecule has 0 aromatic heterocycles. The summed E-state index contributed by atoms with van der Waals surface area (Å²) >= 11 is 0. The molecule has 0 radical (unpaired) electrons. The first-order chi connectivity index (χ1) is 18.6. The molecular weight excluding hydrogens is 498 g/mol. The topological polar surface area (TPSA) is 102 Å². The van der Waals surface area contributed by atoms with Crippen LogP contribution in [0.1, 0.15) is 58.4 Å². The monoisotopic (exact) mass is 529 g/mol. The van der Waals surface area contributed by atoms with Gasteiger partial charge in [0.25, 0.3) is 11.7 Å². The highest BCUT2D eigenvalue weighted by atomic mass is 16.5. The molecule has 1 amide bonds. The molecule has 4 rings (SSSR count). The van der Waals surface area contributed by atoms with Gasteiger partial charge >= 0.3 is 5.97 Å². The second-order valence-corrected chi connectivity index (χ2v) is 9.52. The van der Waals surface area contributed by atoms with Gasteiger partial charge in [-0.3, -0.25) is 14.5 Å². The maximum atomic E-state index is 13.6. The highest BCUT2D eigenvalue weighted by Gasteiger charge is 2.48. The number of aliphatic hydroxyl groups is 1. The van der Waals surface area contributed by atoms with Gasteiger partial charge in [0.15, 0.2) is 0 Å². The van der Waals surface area contributed by atoms with Crippen LogP contribution in [0.15, 0.2) is 66.2 Å². The van der Waals surface area contributed by atoms with Gasteiger partial charge in [0, 0.05) is 16.8 Å². The second kappa shape index (κ2) is 11.0. The largest absolute Gasteiger partial charge is 0.507 e. The predicted octanol–water partition coefficient (Wildman–Crippen LogP) is 5.55. The maximum Gasteiger partial charge on any atom is 0.337 e. The fraction of sp³-hybridized carbons (Fsp3) is 0.258. The Morgan fingerprint density at radius 1 is 0.923 bits per heavy atom. The molecule has 1 saturated heterocycles. The Hall–Kier alpha value is -4.59. The number of carbonyl (C=O) groups is 3. The molecule has 1 fully saturated rings. The molecule has 1 atom stereocenters. The van der Waals surface area contributed by atoms with E-state index < -0.39 is 23.7 Å². The number of aryl methyl sites for hydroxylation is 1. The van der Waals surface area contributed by atoms with E-state index in [1.165, 1.54) is 25.2 Å². The van der Waals surface area contributed by atoms with Gasteiger partial charge in [0.1, 0.15) is 17.3 Å². The van der Waals surface area contributed by atoms with Crippen molar-refractivity contribution in [2.45, 2.75) is 32.7 Å². The number of rotatable bonds is 7. The lowest BCUT2D eigenvalue weighted by atomic mass is 9.90. The minimum atomic E-state index is -1.03. The summed E-state index contributed by atoms with van der Waals surface area (Å²) in [5.74, 6) is -1.42. The Morgan fingerprint density at radius 3 is 2.26 bits per heavy atom. The van der Waals surface area contributed by atoms with Crippen molar-refractivity contribution < 1.29 is 33.7 Å². The average molecular weight is 530 g/mol. The number of hydrogen-bond donors (Lipinski definition) is 1. The van der Waals surface area contributed by atoms with E-state index in [1.807, 2.05) is 13.8 Å². The van der Waals surface area contributed by atoms with Crippen molar-refractivity contribution in [3.8, 4) is 11.5 Å². The minimum absolute atomic E-state index is 0.0700. The summed E-state index contributed by atoms with van der Waals surface area (Å²) in [6.45, 7) is 5.80. The number of para-hydroxylation sites is 1. The average Bonchev–Trinajstić information content (AvgIpc) is 3.21. The number of Topliss-reactive ketones (excluding diaryl/α,β-unsaturated/α-hetero) is 1. The summed E-state index contributed by atoms with van der Waals surface area (Å²) in [7, 11) is 4.33. The van der Waals surface area contributed by atoms with Crippen LogP contribution in [0.5, 0.6) is 11.5 Å². The van der Waals surface area contributed by atoms with Crippen LogP contribution >= 0.6 is 0 Å². The van der Waals surface area contributed by atoms with Gasteiger partial charge in [-0.1, -0.05) is 38.1 Å². The Morgan fingerprint density at radius 2 is 1.62 bits per heavy atom. The maximum absolute atomic E-state index is 13.6. The quantitative estimate of drug-likeness (QED) is 0.185. The minimum Gasteiger partial charge on any atom is -0.507 e. The highest BCUT2D eigenvalue weighted by Crippen LogP contribution is 2.46. The number of anilines is 1. The molecule has 0 spiro atoms. The number of hydrogen-bond acceptors (Lipinski definition) is 7. The molecule has 8 heteroatoms. The summed E-state index contributed by atoms with van der Waals surface area (Å²) < 4.78 is 16.0. The highest BCUT2D eigenvalue weighted by molar-refractivity contribution is 6.51. The molecular formula is C31H31NO7. The van der Waals surface area contributed by atoms with Crippen molar-refractivity contribution >= 4 is 29.1 Å². The number of carbonyl (C=O) groups excluding carboxylic acids is 3. The van der Waals surface area contributed by atoms with E-state index in [-0.39, 0.29) is 22.8 Å². The number of amides is 1. The molecule has 1 N–H and O–H groups in total. The molecule has 0 saturated carbocycles. The van der Waals surface area contributed by atoms with Gasteiger partial charge < -0.3 is 19.3 Å². The van der Waals surface area contributed by atoms with Crippen LogP contribution in [0, 0.1) is 6.92 Å². The Labute approximate surface area is 227 Å². The zero-order chi connectivity index (χ0) is 28.4. The molecule has 1 aliphatic heterocycles. The summed E-state index contributed by atoms with van der Waals surface area (Å²) in [5.41, 5.74) is 2.86. The molecule has 39 heavy (non-hydrogen) atoms. The van der Waals surface area contributed by atoms with Gasteiger partial charge in [-0.05, 0) is 60.4 Å². The molecule has 1 heterocycles. The first kappa shape index (κ1) is 27.4. The van der Waals surface area contributed by atoms with Crippen molar-refractivity contribution in [1.82, 2.24) is 0 Å². The van der Waals surface area contributed by atoms with E-state index in [9.17, 15) is 19.5 Å². The number of benzene rings is 3. The molecule has 0 bridgehead atoms. The summed E-state index contributed by atoms with van der Waals surface area (Å²) in [6, 6.07) is 15.8. The van der Waals surface area contributed by atoms with Crippen LogP contribution in [0.25, 0.3) is 5.76 Å². The number of ether oxygens (including phenoxy) is 3. The molecule has 202 valence electrons. The van der Waals surface area contributed by atoms with E-state index >= 15 is 0 Å². The summed E-state index contributed by atoms with van der Waals surface area (Å²) in [4.78, 5) is 40.8. The number of ketones is 1. The van der Waals surface area contributed by atoms with Crippen molar-refractivity contribution in [3.63, 3.8) is 0 Å². The lowest BCUT2D eigenvalue weighted by molar-refractivity contribution is -0.132. The number of nitrogens with zero attached hydrogens (tertiary/aromatic N) is 1. The van der Waals surface area contributed by atoms with Crippen LogP contribution in [0.2, 0.25) is 0 Å². The van der Waals surface area contributed by atoms with Gasteiger partial charge in [0.2, 0.25) is 0 Å². The van der Waals surface area contributed by atoms with Crippen molar-refractivity contribution in [1.29, 1.82) is 0 Å². The van der Waals surface area contributed by atoms with Crippen LogP contribution in [0.3, 0.4) is 0 Å². The van der Waals surface area contributed by atoms with Crippen molar-refractivity contribution in [2.75, 3.05) is 26.2 Å². The first-order valence-electron chi connectivity index (χ1n) is 12.5. The Bertz CT molecular complexity index is 1490. The standard InChI is InChI=1S/C31H31NO7/c1-17(2)22-16-23(18(3)14-25(22)38-5)28(33)26-27(21-12-7-8-13-24(21)37-4)32(30(35)29(26)34)20-11-9-10-19(15-20)31(36)39-6/h7-17,27,33H,1-6H3/b28-26+. The van der Waals surface area contributed by atoms with E-state index in [0.717, 1.165) is 5.56 Å². The third-order valence-corrected chi connectivity index (χ3v) is 6.88. The normalized spacial score (nSPS) is 16.5. The molecule has 1 aliphatic rings. The van der Waals surface area contributed by atoms with Gasteiger partial charge in [-0.15, -0.1) is 0 Å². The van der Waals surface area contributed by atoms with Crippen LogP contribution in [0.4, 0.5) is 5.69 Å². The summed E-state index contributed by atoms with van der Waals surface area (Å²) in [6.07, 6.45) is 0. The fourth-order valence-corrected chi connectivity index (χ4v) is 4.91. The molecule has 3 aromatic rings. The first-order valence-corrected chi connectivity index (χ1v) is 12.5. The molecule has 1 unspecified atom stereocenters. The molecule has 0 aliphatic carbocycles. The Balaban J connectivity index is 2.02. The number of aliphatic hydroxyl groups excluding tert-OH is 1. The van der Waals surface area contributed by atoms with Gasteiger partial charge in [-0.25, -0.2) is 4.79 Å². The summed E-state index contributed by atoms with van der Waals surface area (Å²) in [5, 5.41) is 11.7. The van der Waals surface area contributed by atoms with Crippen LogP contribution < -0.4 is 14.4 Å². The van der Waals surface area contributed by atoms with Crippen molar-refractivity contribution in [3.05, 3.63) is 94.1 Å². The third-order valence-electron chi connectivity index (χ3n) is 6.88. The van der Waals surface area contributed by atoms with E-state index in [0.29, 0.717) is 33.9 Å². The zero-order valence-corrected chi connectivity index (χ0v) is 22.8. The molecule has 3 aromatic carbocycles. The number of esters is 1. The van der Waals surface area contributed by atoms with Crippen LogP contribution in [-0.2, 0) is 14.3 Å². The molecule has 8 nitrogen and oxygen atoms in total. The Kier molecular flexibility index (Phi) is 7.76. The third kappa shape index (κ3) is 4.85. The van der Waals surface area contributed by atoms with Crippen LogP contribution in [-0.4, -0.2) is 44.1 Å². The van der Waals surface area contributed by atoms with Gasteiger partial charge in [-0.2, -0.15) is 0 Å². The van der Waals surface area contributed by atoms with E-state index in [1.54, 1.807) is 68.6 Å². The van der Waals surface area contributed by atoms with E-state index in [4.69, 9.17) is 14.2 Å². The second-order valence-electron chi connectivity index (χ2n) is 9.52. The van der Waals surface area contributed by atoms with Gasteiger partial charge in [0.05, 0.1) is 38.5 Å². The lowest BCUT2D eigenvalue weighted by Gasteiger charge is -2.27. The SMILES string of the molecule is COC(=O)c1cccc(N2C(=O)C(=O)/C(=C(/O)c3cc(C(C)C)c(OC)cc3C)C2c2ccccc2OC)c1. The van der Waals surface area contributed by atoms with E-state index in [2.05, 4.69) is 0 Å². The zero-order valence-electron chi connectivity index (χ0n) is 22.8. The lowest BCUT2D eigenvalue weighted by Crippen LogP contribution is -2.29. The predicted molar refractivity (Wildman–Crippen MR) is 147 cm³/mol. The number of methoxy groups -OCH3 is 3. The van der Waals surface area contributed by atoms with Crippen molar-refractivity contribution in [2.24, 2.45) is 0 Å². The fourth-order valence-electron chi connectivity index (χ4n) is 4.91. The smallest absolute Gasteiger partial charge is 0.337 e.